The van der Waals surface area contributed by atoms with Crippen LogP contribution in [0.2, 0.25) is 0 Å². The molecule has 1 aliphatic carbocycles. The van der Waals surface area contributed by atoms with E-state index in [1.54, 1.807) is 0 Å². The highest BCUT2D eigenvalue weighted by Gasteiger charge is 2.43. The zero-order valence-electron chi connectivity index (χ0n) is 7.91. The lowest BCUT2D eigenvalue weighted by molar-refractivity contribution is -0.138. The number of carboxylic acids is 1. The summed E-state index contributed by atoms with van der Waals surface area (Å²) in [6, 6.07) is 3.39. The van der Waals surface area contributed by atoms with Crippen LogP contribution in [0.1, 0.15) is 12.0 Å². The zero-order chi connectivity index (χ0) is 11.0. The molecule has 80 valence electrons. The topological polar surface area (TPSA) is 37.3 Å². The molecule has 2 atom stereocenters. The molecule has 2 rings (SSSR count). The van der Waals surface area contributed by atoms with Crippen molar-refractivity contribution in [2.45, 2.75) is 12.8 Å². The average Bonchev–Trinajstić information content (AvgIpc) is 2.89. The van der Waals surface area contributed by atoms with Crippen molar-refractivity contribution >= 4 is 5.97 Å². The molecule has 1 aromatic carbocycles. The summed E-state index contributed by atoms with van der Waals surface area (Å²) in [5.41, 5.74) is 0.394. The summed E-state index contributed by atoms with van der Waals surface area (Å²) in [6.07, 6.45) is 0.967. The first-order valence-corrected chi connectivity index (χ1v) is 4.74. The van der Waals surface area contributed by atoms with E-state index in [4.69, 9.17) is 5.11 Å². The number of hydrogen-bond donors (Lipinski definition) is 1. The predicted octanol–water partition coefficient (Wildman–Crippen LogP) is 2.23. The third-order valence-electron chi connectivity index (χ3n) is 2.74. The van der Waals surface area contributed by atoms with E-state index in [0.29, 0.717) is 18.4 Å². The van der Waals surface area contributed by atoms with Crippen LogP contribution in [0.4, 0.5) is 8.78 Å². The van der Waals surface area contributed by atoms with Crippen LogP contribution in [0, 0.1) is 23.5 Å². The third kappa shape index (κ3) is 2.14. The van der Waals surface area contributed by atoms with Gasteiger partial charge in [-0.05, 0) is 30.4 Å². The van der Waals surface area contributed by atoms with Crippen LogP contribution in [0.3, 0.4) is 0 Å². The molecule has 1 aromatic rings. The van der Waals surface area contributed by atoms with Gasteiger partial charge < -0.3 is 5.11 Å². The Morgan fingerprint density at radius 3 is 2.73 bits per heavy atom. The SMILES string of the molecule is O=C(O)[C@@H]1C[C@H]1Cc1ccc(F)cc1F. The molecule has 1 saturated carbocycles. The van der Waals surface area contributed by atoms with Crippen molar-refractivity contribution in [3.8, 4) is 0 Å². The quantitative estimate of drug-likeness (QED) is 0.834. The number of carbonyl (C=O) groups is 1. The minimum Gasteiger partial charge on any atom is -0.481 e. The van der Waals surface area contributed by atoms with Crippen molar-refractivity contribution in [2.75, 3.05) is 0 Å². The minimum absolute atomic E-state index is 0.00228. The second-order valence-electron chi connectivity index (χ2n) is 3.88. The van der Waals surface area contributed by atoms with E-state index >= 15 is 0 Å². The Kier molecular flexibility index (Phi) is 2.42. The molecule has 0 bridgehead atoms. The van der Waals surface area contributed by atoms with Crippen LogP contribution in [-0.2, 0) is 11.2 Å². The van der Waals surface area contributed by atoms with Crippen LogP contribution in [0.15, 0.2) is 18.2 Å². The molecule has 4 heteroatoms. The molecule has 0 aliphatic heterocycles. The van der Waals surface area contributed by atoms with E-state index < -0.39 is 17.6 Å². The highest BCUT2D eigenvalue weighted by atomic mass is 19.1. The molecule has 1 aliphatic rings. The highest BCUT2D eigenvalue weighted by molar-refractivity contribution is 5.73. The molecule has 0 saturated heterocycles. The summed E-state index contributed by atoms with van der Waals surface area (Å²) < 4.78 is 25.8. The van der Waals surface area contributed by atoms with Gasteiger partial charge in [-0.3, -0.25) is 4.79 Å². The summed E-state index contributed by atoms with van der Waals surface area (Å²) in [7, 11) is 0. The van der Waals surface area contributed by atoms with Gasteiger partial charge in [0.1, 0.15) is 11.6 Å². The van der Waals surface area contributed by atoms with Crippen molar-refractivity contribution in [1.82, 2.24) is 0 Å². The van der Waals surface area contributed by atoms with Crippen molar-refractivity contribution in [3.05, 3.63) is 35.4 Å². The monoisotopic (exact) mass is 212 g/mol. The number of carboxylic acid groups (broad SMARTS) is 1. The van der Waals surface area contributed by atoms with Gasteiger partial charge in [-0.15, -0.1) is 0 Å². The maximum Gasteiger partial charge on any atom is 0.306 e. The molecule has 0 heterocycles. The number of benzene rings is 1. The van der Waals surface area contributed by atoms with Crippen molar-refractivity contribution in [2.24, 2.45) is 11.8 Å². The van der Waals surface area contributed by atoms with Gasteiger partial charge in [0.2, 0.25) is 0 Å². The smallest absolute Gasteiger partial charge is 0.306 e. The molecule has 0 spiro atoms. The molecule has 0 aromatic heterocycles. The van der Waals surface area contributed by atoms with Crippen molar-refractivity contribution in [3.63, 3.8) is 0 Å². The Morgan fingerprint density at radius 1 is 1.47 bits per heavy atom. The second-order valence-corrected chi connectivity index (χ2v) is 3.88. The first-order valence-electron chi connectivity index (χ1n) is 4.74. The van der Waals surface area contributed by atoms with Crippen molar-refractivity contribution in [1.29, 1.82) is 0 Å². The summed E-state index contributed by atoms with van der Waals surface area (Å²) >= 11 is 0. The molecule has 1 N–H and O–H groups in total. The molecule has 0 radical (unpaired) electrons. The van der Waals surface area contributed by atoms with Crippen LogP contribution >= 0.6 is 0 Å². The van der Waals surface area contributed by atoms with E-state index in [2.05, 4.69) is 0 Å². The Hall–Kier alpha value is -1.45. The van der Waals surface area contributed by atoms with Crippen LogP contribution < -0.4 is 0 Å². The van der Waals surface area contributed by atoms with Crippen molar-refractivity contribution < 1.29 is 18.7 Å². The van der Waals surface area contributed by atoms with Gasteiger partial charge >= 0.3 is 5.97 Å². The molecular weight excluding hydrogens is 202 g/mol. The Balaban J connectivity index is 2.04. The summed E-state index contributed by atoms with van der Waals surface area (Å²) in [6.45, 7) is 0. The first-order chi connectivity index (χ1) is 7.08. The van der Waals surface area contributed by atoms with E-state index in [-0.39, 0.29) is 11.8 Å². The molecule has 0 amide bonds. The largest absolute Gasteiger partial charge is 0.481 e. The summed E-state index contributed by atoms with van der Waals surface area (Å²) in [4.78, 5) is 10.5. The van der Waals surface area contributed by atoms with Gasteiger partial charge in [-0.1, -0.05) is 6.07 Å². The van der Waals surface area contributed by atoms with Crippen LogP contribution in [-0.4, -0.2) is 11.1 Å². The Bertz CT molecular complexity index is 404. The lowest BCUT2D eigenvalue weighted by Crippen LogP contribution is -2.02. The van der Waals surface area contributed by atoms with Crippen LogP contribution in [0.25, 0.3) is 0 Å². The van der Waals surface area contributed by atoms with Gasteiger partial charge in [-0.25, -0.2) is 8.78 Å². The molecule has 2 nitrogen and oxygen atoms in total. The molecular formula is C11H10F2O2. The van der Waals surface area contributed by atoms with Gasteiger partial charge in [-0.2, -0.15) is 0 Å². The number of rotatable bonds is 3. The normalized spacial score (nSPS) is 23.9. The van der Waals surface area contributed by atoms with Gasteiger partial charge in [0, 0.05) is 6.07 Å². The first kappa shape index (κ1) is 10.1. The number of hydrogen-bond acceptors (Lipinski definition) is 1. The van der Waals surface area contributed by atoms with E-state index in [1.807, 2.05) is 0 Å². The van der Waals surface area contributed by atoms with E-state index in [1.165, 1.54) is 12.1 Å². The van der Waals surface area contributed by atoms with Gasteiger partial charge in [0.05, 0.1) is 5.92 Å². The fraction of sp³-hybridized carbons (Fsp3) is 0.364. The third-order valence-corrected chi connectivity index (χ3v) is 2.74. The molecule has 0 unspecified atom stereocenters. The minimum atomic E-state index is -0.831. The second kappa shape index (κ2) is 3.61. The zero-order valence-corrected chi connectivity index (χ0v) is 7.91. The summed E-state index contributed by atoms with van der Waals surface area (Å²) in [5.74, 6) is -2.38. The maximum atomic E-state index is 13.2. The fourth-order valence-corrected chi connectivity index (χ4v) is 1.75. The number of halogens is 2. The van der Waals surface area contributed by atoms with Crippen LogP contribution in [0.5, 0.6) is 0 Å². The summed E-state index contributed by atoms with van der Waals surface area (Å²) in [5, 5.41) is 8.66. The molecule has 15 heavy (non-hydrogen) atoms. The van der Waals surface area contributed by atoms with E-state index in [9.17, 15) is 13.6 Å². The standard InChI is InChI=1S/C11H10F2O2/c12-8-2-1-6(10(13)5-8)3-7-4-9(7)11(14)15/h1-2,5,7,9H,3-4H2,(H,14,15)/t7-,9-/m1/s1. The molecule has 1 fully saturated rings. The predicted molar refractivity (Wildman–Crippen MR) is 49.3 cm³/mol. The highest BCUT2D eigenvalue weighted by Crippen LogP contribution is 2.41. The lowest BCUT2D eigenvalue weighted by Gasteiger charge is -2.01. The van der Waals surface area contributed by atoms with Gasteiger partial charge in [0.25, 0.3) is 0 Å². The fourth-order valence-electron chi connectivity index (χ4n) is 1.75. The maximum absolute atomic E-state index is 13.2. The number of aliphatic carboxylic acids is 1. The Morgan fingerprint density at radius 2 is 2.20 bits per heavy atom. The Labute approximate surface area is 85.5 Å². The van der Waals surface area contributed by atoms with E-state index in [0.717, 1.165) is 6.07 Å². The van der Waals surface area contributed by atoms with Gasteiger partial charge in [0.15, 0.2) is 0 Å². The average molecular weight is 212 g/mol. The lowest BCUT2D eigenvalue weighted by atomic mass is 10.1.